The van der Waals surface area contributed by atoms with Crippen molar-refractivity contribution in [1.82, 2.24) is 10.3 Å². The number of fused-ring (bicyclic) bond motifs is 1. The highest BCUT2D eigenvalue weighted by Crippen LogP contribution is 2.33. The van der Waals surface area contributed by atoms with E-state index < -0.39 is 0 Å². The van der Waals surface area contributed by atoms with Crippen LogP contribution in [0.25, 0.3) is 10.8 Å². The number of rotatable bonds is 2. The van der Waals surface area contributed by atoms with E-state index in [9.17, 15) is 10.1 Å². The standard InChI is InChI=1S/C15H18N4O2/c1-15(2)10-18(8-7-17-15)13-3-4-14(19(20)21)12-9-16-6-5-11(12)13/h3-6,9,17H,7-8,10H2,1-2H3. The molecular weight excluding hydrogens is 268 g/mol. The zero-order valence-electron chi connectivity index (χ0n) is 12.2. The number of anilines is 1. The second kappa shape index (κ2) is 4.96. The summed E-state index contributed by atoms with van der Waals surface area (Å²) in [7, 11) is 0. The molecule has 110 valence electrons. The molecule has 1 aliphatic heterocycles. The van der Waals surface area contributed by atoms with Crippen LogP contribution in [0, 0.1) is 10.1 Å². The maximum atomic E-state index is 11.2. The molecule has 1 N–H and O–H groups in total. The summed E-state index contributed by atoms with van der Waals surface area (Å²) >= 11 is 0. The molecule has 6 heteroatoms. The van der Waals surface area contributed by atoms with Crippen LogP contribution in [0.3, 0.4) is 0 Å². The number of non-ortho nitro benzene ring substituents is 1. The van der Waals surface area contributed by atoms with E-state index in [1.54, 1.807) is 18.5 Å². The van der Waals surface area contributed by atoms with Gasteiger partial charge in [-0.3, -0.25) is 15.1 Å². The van der Waals surface area contributed by atoms with E-state index in [0.717, 1.165) is 30.7 Å². The number of hydrogen-bond acceptors (Lipinski definition) is 5. The summed E-state index contributed by atoms with van der Waals surface area (Å²) < 4.78 is 0. The van der Waals surface area contributed by atoms with Crippen molar-refractivity contribution in [2.45, 2.75) is 19.4 Å². The van der Waals surface area contributed by atoms with Crippen molar-refractivity contribution >= 4 is 22.1 Å². The van der Waals surface area contributed by atoms with Crippen LogP contribution in [0.1, 0.15) is 13.8 Å². The van der Waals surface area contributed by atoms with Crippen molar-refractivity contribution in [1.29, 1.82) is 0 Å². The van der Waals surface area contributed by atoms with Crippen LogP contribution in [0.15, 0.2) is 30.6 Å². The fourth-order valence-electron chi connectivity index (χ4n) is 2.94. The quantitative estimate of drug-likeness (QED) is 0.677. The molecule has 6 nitrogen and oxygen atoms in total. The lowest BCUT2D eigenvalue weighted by molar-refractivity contribution is -0.383. The average molecular weight is 286 g/mol. The Morgan fingerprint density at radius 2 is 2.14 bits per heavy atom. The van der Waals surface area contributed by atoms with Crippen molar-refractivity contribution in [3.63, 3.8) is 0 Å². The van der Waals surface area contributed by atoms with Crippen molar-refractivity contribution < 1.29 is 4.92 Å². The molecule has 0 atom stereocenters. The third-order valence-electron chi connectivity index (χ3n) is 3.88. The molecule has 1 aliphatic rings. The maximum absolute atomic E-state index is 11.2. The van der Waals surface area contributed by atoms with Gasteiger partial charge < -0.3 is 10.2 Å². The van der Waals surface area contributed by atoms with E-state index in [1.807, 2.05) is 12.1 Å². The van der Waals surface area contributed by atoms with Crippen LogP contribution in [-0.2, 0) is 0 Å². The lowest BCUT2D eigenvalue weighted by Crippen LogP contribution is -2.57. The molecular formula is C15H18N4O2. The fourth-order valence-corrected chi connectivity index (χ4v) is 2.94. The number of aromatic nitrogens is 1. The highest BCUT2D eigenvalue weighted by atomic mass is 16.6. The third kappa shape index (κ3) is 2.54. The number of hydrogen-bond donors (Lipinski definition) is 1. The number of piperazine rings is 1. The smallest absolute Gasteiger partial charge is 0.278 e. The Morgan fingerprint density at radius 1 is 1.33 bits per heavy atom. The molecule has 0 spiro atoms. The Balaban J connectivity index is 2.12. The molecule has 0 bridgehead atoms. The van der Waals surface area contributed by atoms with Crippen molar-refractivity contribution in [2.24, 2.45) is 0 Å². The highest BCUT2D eigenvalue weighted by Gasteiger charge is 2.27. The van der Waals surface area contributed by atoms with Gasteiger partial charge in [-0.05, 0) is 26.0 Å². The second-order valence-electron chi connectivity index (χ2n) is 6.01. The lowest BCUT2D eigenvalue weighted by atomic mass is 10.00. The van der Waals surface area contributed by atoms with Crippen LogP contribution in [0.2, 0.25) is 0 Å². The Kier molecular flexibility index (Phi) is 3.25. The summed E-state index contributed by atoms with van der Waals surface area (Å²) in [6, 6.07) is 5.28. The van der Waals surface area contributed by atoms with Gasteiger partial charge in [0.15, 0.2) is 0 Å². The lowest BCUT2D eigenvalue weighted by Gasteiger charge is -2.40. The van der Waals surface area contributed by atoms with Gasteiger partial charge in [0.25, 0.3) is 5.69 Å². The van der Waals surface area contributed by atoms with E-state index in [4.69, 9.17) is 0 Å². The van der Waals surface area contributed by atoms with Gasteiger partial charge in [-0.15, -0.1) is 0 Å². The molecule has 1 saturated heterocycles. The molecule has 21 heavy (non-hydrogen) atoms. The van der Waals surface area contributed by atoms with Crippen molar-refractivity contribution in [3.05, 3.63) is 40.7 Å². The Morgan fingerprint density at radius 3 is 2.86 bits per heavy atom. The molecule has 1 aromatic heterocycles. The van der Waals surface area contributed by atoms with E-state index in [0.29, 0.717) is 5.39 Å². The van der Waals surface area contributed by atoms with Crippen LogP contribution in [0.5, 0.6) is 0 Å². The number of benzene rings is 1. The zero-order chi connectivity index (χ0) is 15.0. The maximum Gasteiger partial charge on any atom is 0.278 e. The van der Waals surface area contributed by atoms with E-state index in [-0.39, 0.29) is 16.1 Å². The van der Waals surface area contributed by atoms with Crippen LogP contribution in [-0.4, -0.2) is 35.1 Å². The van der Waals surface area contributed by atoms with Gasteiger partial charge in [0.1, 0.15) is 0 Å². The minimum Gasteiger partial charge on any atom is -0.368 e. The number of nitrogens with zero attached hydrogens (tertiary/aromatic N) is 3. The molecule has 0 aliphatic carbocycles. The number of pyridine rings is 1. The predicted molar refractivity (Wildman–Crippen MR) is 82.7 cm³/mol. The normalized spacial score (nSPS) is 17.9. The van der Waals surface area contributed by atoms with Gasteiger partial charge in [-0.2, -0.15) is 0 Å². The minimum absolute atomic E-state index is 0.0272. The Hall–Kier alpha value is -2.21. The van der Waals surface area contributed by atoms with Gasteiger partial charge in [0, 0.05) is 54.7 Å². The molecule has 2 heterocycles. The number of nitro benzene ring substituents is 1. The van der Waals surface area contributed by atoms with Crippen LogP contribution < -0.4 is 10.2 Å². The number of nitro groups is 1. The van der Waals surface area contributed by atoms with Crippen molar-refractivity contribution in [3.8, 4) is 0 Å². The fraction of sp³-hybridized carbons (Fsp3) is 0.400. The van der Waals surface area contributed by atoms with Gasteiger partial charge in [0.05, 0.1) is 10.3 Å². The van der Waals surface area contributed by atoms with Crippen LogP contribution >= 0.6 is 0 Å². The molecule has 1 aromatic carbocycles. The molecule has 1 fully saturated rings. The summed E-state index contributed by atoms with van der Waals surface area (Å²) in [6.45, 7) is 6.97. The molecule has 2 aromatic rings. The van der Waals surface area contributed by atoms with Crippen molar-refractivity contribution in [2.75, 3.05) is 24.5 Å². The molecule has 0 saturated carbocycles. The topological polar surface area (TPSA) is 71.3 Å². The molecule has 0 unspecified atom stereocenters. The molecule has 0 radical (unpaired) electrons. The monoisotopic (exact) mass is 286 g/mol. The van der Waals surface area contributed by atoms with E-state index in [1.165, 1.54) is 0 Å². The van der Waals surface area contributed by atoms with E-state index in [2.05, 4.69) is 29.0 Å². The average Bonchev–Trinajstić information content (AvgIpc) is 2.44. The first-order valence-corrected chi connectivity index (χ1v) is 6.99. The minimum atomic E-state index is -0.352. The summed E-state index contributed by atoms with van der Waals surface area (Å²) in [5, 5.41) is 16.1. The first-order chi connectivity index (χ1) is 9.98. The van der Waals surface area contributed by atoms with Gasteiger partial charge >= 0.3 is 0 Å². The van der Waals surface area contributed by atoms with Gasteiger partial charge in [0.2, 0.25) is 0 Å². The van der Waals surface area contributed by atoms with E-state index >= 15 is 0 Å². The molecule has 3 rings (SSSR count). The number of nitrogens with one attached hydrogen (secondary N) is 1. The summed E-state index contributed by atoms with van der Waals surface area (Å²) in [5.74, 6) is 0. The second-order valence-corrected chi connectivity index (χ2v) is 6.01. The first kappa shape index (κ1) is 13.8. The summed E-state index contributed by atoms with van der Waals surface area (Å²) in [4.78, 5) is 17.1. The molecule has 0 amide bonds. The Labute approximate surface area is 122 Å². The van der Waals surface area contributed by atoms with Gasteiger partial charge in [-0.25, -0.2) is 0 Å². The SMILES string of the molecule is CC1(C)CN(c2ccc([N+](=O)[O-])c3cnccc23)CCN1. The summed E-state index contributed by atoms with van der Waals surface area (Å²) in [5.41, 5.74) is 1.17. The highest BCUT2D eigenvalue weighted by molar-refractivity contribution is 5.99. The van der Waals surface area contributed by atoms with Gasteiger partial charge in [-0.1, -0.05) is 0 Å². The zero-order valence-corrected chi connectivity index (χ0v) is 12.2. The third-order valence-corrected chi connectivity index (χ3v) is 3.88. The Bertz CT molecular complexity index is 699. The largest absolute Gasteiger partial charge is 0.368 e. The predicted octanol–water partition coefficient (Wildman–Crippen LogP) is 2.33. The van der Waals surface area contributed by atoms with Crippen LogP contribution in [0.4, 0.5) is 11.4 Å². The first-order valence-electron chi connectivity index (χ1n) is 6.99. The summed E-state index contributed by atoms with van der Waals surface area (Å²) in [6.07, 6.45) is 3.26.